The maximum Gasteiger partial charge on any atom is 0.332 e. The van der Waals surface area contributed by atoms with Gasteiger partial charge in [-0.05, 0) is 57.6 Å². The molecule has 2 aliphatic rings. The van der Waals surface area contributed by atoms with E-state index in [1.165, 1.54) is 4.90 Å². The quantitative estimate of drug-likeness (QED) is 0.602. The molecule has 9 heteroatoms. The lowest BCUT2D eigenvalue weighted by Crippen LogP contribution is -2.60. The smallest absolute Gasteiger partial charge is 0.332 e. The van der Waals surface area contributed by atoms with E-state index in [0.29, 0.717) is 25.2 Å². The molecule has 3 heterocycles. The van der Waals surface area contributed by atoms with Crippen LogP contribution in [-0.4, -0.2) is 63.4 Å². The molecule has 0 bridgehead atoms. The standard InChI is InChI=1S/C20H24N6O3/c1-23(2)13-16-22-10-12-24(16)14-5-7-15(8-6-14)26-18(28)20(17(21)27)9-3-4-11-25(20)19(26)29/h5-8,10,12H,3-4,9,11,13H2,1-2H3,(H2,21,27)/t20-/m0/s1. The van der Waals surface area contributed by atoms with Crippen LogP contribution in [0.2, 0.25) is 0 Å². The van der Waals surface area contributed by atoms with Crippen LogP contribution in [0.3, 0.4) is 0 Å². The van der Waals surface area contributed by atoms with Gasteiger partial charge in [-0.15, -0.1) is 0 Å². The number of primary amides is 1. The number of anilines is 1. The Morgan fingerprint density at radius 3 is 2.48 bits per heavy atom. The molecule has 0 aliphatic carbocycles. The first-order valence-corrected chi connectivity index (χ1v) is 9.59. The van der Waals surface area contributed by atoms with E-state index in [9.17, 15) is 14.4 Å². The van der Waals surface area contributed by atoms with Crippen LogP contribution in [0.25, 0.3) is 5.69 Å². The highest BCUT2D eigenvalue weighted by Gasteiger charge is 2.62. The zero-order chi connectivity index (χ0) is 20.8. The minimum absolute atomic E-state index is 0.268. The molecule has 1 aromatic carbocycles. The van der Waals surface area contributed by atoms with Crippen LogP contribution < -0.4 is 10.6 Å². The number of hydrogen-bond acceptors (Lipinski definition) is 5. The van der Waals surface area contributed by atoms with E-state index >= 15 is 0 Å². The number of carbonyl (C=O) groups is 3. The van der Waals surface area contributed by atoms with Crippen LogP contribution in [-0.2, 0) is 16.1 Å². The normalized spacial score (nSPS) is 21.8. The number of benzene rings is 1. The molecular formula is C20H24N6O3. The van der Waals surface area contributed by atoms with Crippen molar-refractivity contribution in [2.45, 2.75) is 31.3 Å². The van der Waals surface area contributed by atoms with Gasteiger partial charge in [0, 0.05) is 24.6 Å². The lowest BCUT2D eigenvalue weighted by Gasteiger charge is -2.35. The first-order valence-electron chi connectivity index (χ1n) is 9.59. The highest BCUT2D eigenvalue weighted by molar-refractivity contribution is 6.30. The van der Waals surface area contributed by atoms with E-state index < -0.39 is 23.4 Å². The number of urea groups is 1. The number of piperidine rings is 1. The van der Waals surface area contributed by atoms with Gasteiger partial charge in [-0.25, -0.2) is 14.7 Å². The third-order valence-corrected chi connectivity index (χ3v) is 5.58. The summed E-state index contributed by atoms with van der Waals surface area (Å²) in [7, 11) is 3.94. The highest BCUT2D eigenvalue weighted by atomic mass is 16.2. The minimum Gasteiger partial charge on any atom is -0.367 e. The second-order valence-electron chi connectivity index (χ2n) is 7.72. The number of imide groups is 1. The summed E-state index contributed by atoms with van der Waals surface area (Å²) in [5, 5.41) is 0. The van der Waals surface area contributed by atoms with Crippen molar-refractivity contribution in [3.63, 3.8) is 0 Å². The molecular weight excluding hydrogens is 372 g/mol. The molecule has 0 spiro atoms. The Kier molecular flexibility index (Phi) is 4.62. The van der Waals surface area contributed by atoms with Gasteiger partial charge in [0.25, 0.3) is 11.8 Å². The fourth-order valence-corrected chi connectivity index (χ4v) is 4.17. The Labute approximate surface area is 168 Å². The Balaban J connectivity index is 1.66. The van der Waals surface area contributed by atoms with Crippen molar-refractivity contribution in [1.29, 1.82) is 0 Å². The summed E-state index contributed by atoms with van der Waals surface area (Å²) in [6.07, 6.45) is 5.29. The minimum atomic E-state index is -1.56. The maximum absolute atomic E-state index is 13.1. The Morgan fingerprint density at radius 1 is 1.17 bits per heavy atom. The van der Waals surface area contributed by atoms with Crippen molar-refractivity contribution in [3.05, 3.63) is 42.5 Å². The van der Waals surface area contributed by atoms with Crippen molar-refractivity contribution < 1.29 is 14.4 Å². The van der Waals surface area contributed by atoms with E-state index in [4.69, 9.17) is 5.73 Å². The summed E-state index contributed by atoms with van der Waals surface area (Å²) >= 11 is 0. The van der Waals surface area contributed by atoms with Gasteiger partial charge in [0.1, 0.15) is 5.82 Å². The summed E-state index contributed by atoms with van der Waals surface area (Å²) in [6.45, 7) is 1.03. The largest absolute Gasteiger partial charge is 0.367 e. The molecule has 0 saturated carbocycles. The molecule has 1 atom stereocenters. The van der Waals surface area contributed by atoms with Crippen molar-refractivity contribution >= 4 is 23.5 Å². The van der Waals surface area contributed by atoms with E-state index in [1.807, 2.05) is 41.9 Å². The van der Waals surface area contributed by atoms with Gasteiger partial charge >= 0.3 is 6.03 Å². The van der Waals surface area contributed by atoms with Crippen molar-refractivity contribution in [2.24, 2.45) is 5.73 Å². The fraction of sp³-hybridized carbons (Fsp3) is 0.400. The van der Waals surface area contributed by atoms with Gasteiger partial charge in [0.05, 0.1) is 12.2 Å². The molecule has 0 unspecified atom stereocenters. The number of amides is 4. The topological polar surface area (TPSA) is 105 Å². The molecule has 152 valence electrons. The summed E-state index contributed by atoms with van der Waals surface area (Å²) in [5.41, 5.74) is 5.32. The molecule has 2 aromatic rings. The molecule has 2 N–H and O–H groups in total. The molecule has 0 radical (unpaired) electrons. The lowest BCUT2D eigenvalue weighted by atomic mass is 9.86. The van der Waals surface area contributed by atoms with Crippen molar-refractivity contribution in [1.82, 2.24) is 19.4 Å². The summed E-state index contributed by atoms with van der Waals surface area (Å²) in [6, 6.07) is 6.57. The van der Waals surface area contributed by atoms with E-state index in [-0.39, 0.29) is 6.42 Å². The number of imidazole rings is 1. The average molecular weight is 396 g/mol. The first kappa shape index (κ1) is 19.1. The maximum atomic E-state index is 13.1. The zero-order valence-corrected chi connectivity index (χ0v) is 16.5. The van der Waals surface area contributed by atoms with Crippen LogP contribution in [0, 0.1) is 0 Å². The third-order valence-electron chi connectivity index (χ3n) is 5.58. The number of fused-ring (bicyclic) bond motifs is 1. The SMILES string of the molecule is CN(C)Cc1nccn1-c1ccc(N2C(=O)N3CCCC[C@]3(C(N)=O)C2=O)cc1. The zero-order valence-electron chi connectivity index (χ0n) is 16.5. The van der Waals surface area contributed by atoms with Gasteiger partial charge in [0.2, 0.25) is 5.54 Å². The summed E-state index contributed by atoms with van der Waals surface area (Å²) in [5.74, 6) is -0.444. The van der Waals surface area contributed by atoms with Crippen molar-refractivity contribution in [2.75, 3.05) is 25.5 Å². The highest BCUT2D eigenvalue weighted by Crippen LogP contribution is 2.38. The Morgan fingerprint density at radius 2 is 1.86 bits per heavy atom. The number of hydrogen-bond donors (Lipinski definition) is 1. The number of aromatic nitrogens is 2. The van der Waals surface area contributed by atoms with Gasteiger partial charge in [-0.2, -0.15) is 0 Å². The molecule has 2 aliphatic heterocycles. The molecule has 9 nitrogen and oxygen atoms in total. The second kappa shape index (κ2) is 7.00. The number of nitrogens with two attached hydrogens (primary N) is 1. The van der Waals surface area contributed by atoms with Gasteiger partial charge in [-0.1, -0.05) is 0 Å². The predicted molar refractivity (Wildman–Crippen MR) is 106 cm³/mol. The second-order valence-corrected chi connectivity index (χ2v) is 7.72. The van der Waals surface area contributed by atoms with Crippen molar-refractivity contribution in [3.8, 4) is 5.69 Å². The molecule has 2 saturated heterocycles. The van der Waals surface area contributed by atoms with Gasteiger partial charge < -0.3 is 20.1 Å². The Bertz CT molecular complexity index is 967. The monoisotopic (exact) mass is 396 g/mol. The predicted octanol–water partition coefficient (Wildman–Crippen LogP) is 1.11. The van der Waals surface area contributed by atoms with E-state index in [0.717, 1.165) is 22.8 Å². The van der Waals surface area contributed by atoms with Gasteiger partial charge in [-0.3, -0.25) is 9.59 Å². The average Bonchev–Trinajstić information content (AvgIpc) is 3.23. The van der Waals surface area contributed by atoms with Crippen LogP contribution >= 0.6 is 0 Å². The fourth-order valence-electron chi connectivity index (χ4n) is 4.17. The molecule has 2 fully saturated rings. The molecule has 4 amide bonds. The van der Waals surface area contributed by atoms with Crippen LogP contribution in [0.4, 0.5) is 10.5 Å². The van der Waals surface area contributed by atoms with E-state index in [2.05, 4.69) is 4.98 Å². The van der Waals surface area contributed by atoms with E-state index in [1.54, 1.807) is 18.3 Å². The number of carbonyl (C=O) groups excluding carboxylic acids is 3. The molecule has 4 rings (SSSR count). The van der Waals surface area contributed by atoms with Crippen LogP contribution in [0.15, 0.2) is 36.7 Å². The molecule has 29 heavy (non-hydrogen) atoms. The summed E-state index contributed by atoms with van der Waals surface area (Å²) in [4.78, 5) is 47.1. The third kappa shape index (κ3) is 2.89. The van der Waals surface area contributed by atoms with Crippen LogP contribution in [0.1, 0.15) is 25.1 Å². The van der Waals surface area contributed by atoms with Crippen LogP contribution in [0.5, 0.6) is 0 Å². The Hall–Kier alpha value is -3.20. The lowest BCUT2D eigenvalue weighted by molar-refractivity contribution is -0.139. The first-order chi connectivity index (χ1) is 13.9. The van der Waals surface area contributed by atoms with Gasteiger partial charge in [0.15, 0.2) is 0 Å². The molecule has 1 aromatic heterocycles. The summed E-state index contributed by atoms with van der Waals surface area (Å²) < 4.78 is 1.95. The number of nitrogens with zero attached hydrogens (tertiary/aromatic N) is 5. The number of rotatable bonds is 5.